The second kappa shape index (κ2) is 6.95. The normalized spacial score (nSPS) is 14.8. The van der Waals surface area contributed by atoms with Crippen LogP contribution in [0.5, 0.6) is 5.88 Å². The molecule has 3 nitrogen and oxygen atoms in total. The van der Waals surface area contributed by atoms with E-state index in [4.69, 9.17) is 16.3 Å². The predicted octanol–water partition coefficient (Wildman–Crippen LogP) is 3.41. The van der Waals surface area contributed by atoms with Crippen LogP contribution in [-0.4, -0.2) is 18.1 Å². The fraction of sp³-hybridized carbons (Fsp3) is 0.643. The van der Waals surface area contributed by atoms with Gasteiger partial charge >= 0.3 is 0 Å². The average Bonchev–Trinajstić information content (AvgIpc) is 3.17. The van der Waals surface area contributed by atoms with Crippen LogP contribution in [0.3, 0.4) is 0 Å². The van der Waals surface area contributed by atoms with E-state index in [-0.39, 0.29) is 0 Å². The summed E-state index contributed by atoms with van der Waals surface area (Å²) in [5.41, 5.74) is 0.869. The third-order valence-electron chi connectivity index (χ3n) is 3.09. The van der Waals surface area contributed by atoms with Crippen LogP contribution in [0.1, 0.15) is 38.3 Å². The maximum atomic E-state index is 6.11. The lowest BCUT2D eigenvalue weighted by Crippen LogP contribution is -2.15. The van der Waals surface area contributed by atoms with Crippen molar-refractivity contribution in [2.24, 2.45) is 5.92 Å². The third-order valence-corrected chi connectivity index (χ3v) is 3.43. The Bertz CT molecular complexity index is 380. The lowest BCUT2D eigenvalue weighted by atomic mass is 10.3. The molecule has 0 bridgehead atoms. The first-order valence-electron chi connectivity index (χ1n) is 6.78. The zero-order valence-corrected chi connectivity index (χ0v) is 11.7. The molecule has 1 aromatic heterocycles. The molecule has 0 aromatic carbocycles. The second-order valence-electron chi connectivity index (χ2n) is 4.84. The van der Waals surface area contributed by atoms with E-state index in [0.717, 1.165) is 37.6 Å². The van der Waals surface area contributed by atoms with Gasteiger partial charge in [-0.2, -0.15) is 0 Å². The van der Waals surface area contributed by atoms with Crippen molar-refractivity contribution in [3.63, 3.8) is 0 Å². The zero-order chi connectivity index (χ0) is 12.8. The number of hydrogen-bond donors (Lipinski definition) is 1. The molecule has 1 heterocycles. The van der Waals surface area contributed by atoms with Gasteiger partial charge in [0.1, 0.15) is 0 Å². The number of pyridine rings is 1. The molecule has 0 unspecified atom stereocenters. The summed E-state index contributed by atoms with van der Waals surface area (Å²) < 4.78 is 5.66. The largest absolute Gasteiger partial charge is 0.478 e. The van der Waals surface area contributed by atoms with Gasteiger partial charge in [-0.3, -0.25) is 0 Å². The van der Waals surface area contributed by atoms with Crippen LogP contribution in [0, 0.1) is 5.92 Å². The van der Waals surface area contributed by atoms with Crippen LogP contribution >= 0.6 is 11.6 Å². The summed E-state index contributed by atoms with van der Waals surface area (Å²) in [6.45, 7) is 4.58. The second-order valence-corrected chi connectivity index (χ2v) is 5.24. The SMILES string of the molecule is CCCNCc1nc(OCCC2CC2)ccc1Cl. The first-order valence-corrected chi connectivity index (χ1v) is 7.16. The lowest BCUT2D eigenvalue weighted by molar-refractivity contribution is 0.290. The van der Waals surface area contributed by atoms with Crippen molar-refractivity contribution in [2.45, 2.75) is 39.2 Å². The monoisotopic (exact) mass is 268 g/mol. The molecule has 0 saturated heterocycles. The minimum absolute atomic E-state index is 0.688. The van der Waals surface area contributed by atoms with E-state index >= 15 is 0 Å². The van der Waals surface area contributed by atoms with E-state index < -0.39 is 0 Å². The summed E-state index contributed by atoms with van der Waals surface area (Å²) in [5, 5.41) is 4.00. The standard InChI is InChI=1S/C14H21ClN2O/c1-2-8-16-10-13-12(15)5-6-14(17-13)18-9-7-11-3-4-11/h5-6,11,16H,2-4,7-10H2,1H3. The van der Waals surface area contributed by atoms with Crippen LogP contribution < -0.4 is 10.1 Å². The van der Waals surface area contributed by atoms with E-state index in [1.165, 1.54) is 12.8 Å². The van der Waals surface area contributed by atoms with Crippen molar-refractivity contribution in [3.8, 4) is 5.88 Å². The van der Waals surface area contributed by atoms with E-state index in [9.17, 15) is 0 Å². The number of rotatable bonds is 8. The van der Waals surface area contributed by atoms with Crippen molar-refractivity contribution in [2.75, 3.05) is 13.2 Å². The molecular formula is C14H21ClN2O. The van der Waals surface area contributed by atoms with Crippen molar-refractivity contribution >= 4 is 11.6 Å². The smallest absolute Gasteiger partial charge is 0.213 e. The van der Waals surface area contributed by atoms with Crippen molar-refractivity contribution in [1.82, 2.24) is 10.3 Å². The zero-order valence-electron chi connectivity index (χ0n) is 10.9. The molecule has 0 atom stereocenters. The first kappa shape index (κ1) is 13.6. The lowest BCUT2D eigenvalue weighted by Gasteiger charge is -2.09. The van der Waals surface area contributed by atoms with Crippen molar-refractivity contribution < 1.29 is 4.74 Å². The maximum absolute atomic E-state index is 6.11. The highest BCUT2D eigenvalue weighted by molar-refractivity contribution is 6.31. The summed E-state index contributed by atoms with van der Waals surface area (Å²) in [6, 6.07) is 3.71. The molecule has 0 radical (unpaired) electrons. The van der Waals surface area contributed by atoms with E-state index in [1.54, 1.807) is 0 Å². The number of ether oxygens (including phenoxy) is 1. The van der Waals surface area contributed by atoms with Gasteiger partial charge in [0, 0.05) is 12.6 Å². The summed E-state index contributed by atoms with van der Waals surface area (Å²) in [6.07, 6.45) is 4.98. The molecule has 1 aliphatic rings. The number of halogens is 1. The van der Waals surface area contributed by atoms with Crippen LogP contribution in [0.4, 0.5) is 0 Å². The molecule has 100 valence electrons. The van der Waals surface area contributed by atoms with E-state index in [1.807, 2.05) is 12.1 Å². The number of nitrogens with one attached hydrogen (secondary N) is 1. The molecular weight excluding hydrogens is 248 g/mol. The van der Waals surface area contributed by atoms with Crippen LogP contribution in [-0.2, 0) is 6.54 Å². The molecule has 1 saturated carbocycles. The predicted molar refractivity (Wildman–Crippen MR) is 74.1 cm³/mol. The minimum atomic E-state index is 0.688. The van der Waals surface area contributed by atoms with Gasteiger partial charge in [-0.25, -0.2) is 4.98 Å². The summed E-state index contributed by atoms with van der Waals surface area (Å²) in [5.74, 6) is 1.58. The van der Waals surface area contributed by atoms with Gasteiger partial charge < -0.3 is 10.1 Å². The number of hydrogen-bond acceptors (Lipinski definition) is 3. The molecule has 1 fully saturated rings. The Labute approximate surface area is 114 Å². The summed E-state index contributed by atoms with van der Waals surface area (Å²) in [7, 11) is 0. The van der Waals surface area contributed by atoms with Gasteiger partial charge in [-0.05, 0) is 31.4 Å². The maximum Gasteiger partial charge on any atom is 0.213 e. The van der Waals surface area contributed by atoms with Gasteiger partial charge in [0.2, 0.25) is 5.88 Å². The topological polar surface area (TPSA) is 34.2 Å². The molecule has 18 heavy (non-hydrogen) atoms. The molecule has 0 spiro atoms. The Hall–Kier alpha value is -0.800. The van der Waals surface area contributed by atoms with Crippen molar-refractivity contribution in [1.29, 1.82) is 0 Å². The molecule has 2 rings (SSSR count). The molecule has 0 amide bonds. The summed E-state index contributed by atoms with van der Waals surface area (Å²) >= 11 is 6.11. The highest BCUT2D eigenvalue weighted by Gasteiger charge is 2.20. The molecule has 0 aliphatic heterocycles. The third kappa shape index (κ3) is 4.46. The van der Waals surface area contributed by atoms with Gasteiger partial charge in [-0.1, -0.05) is 31.4 Å². The Morgan fingerprint density at radius 2 is 2.28 bits per heavy atom. The minimum Gasteiger partial charge on any atom is -0.478 e. The molecule has 1 aromatic rings. The van der Waals surface area contributed by atoms with Gasteiger partial charge in [-0.15, -0.1) is 0 Å². The number of nitrogens with zero attached hydrogens (tertiary/aromatic N) is 1. The molecule has 1 N–H and O–H groups in total. The van der Waals surface area contributed by atoms with Crippen molar-refractivity contribution in [3.05, 3.63) is 22.8 Å². The number of aromatic nitrogens is 1. The van der Waals surface area contributed by atoms with Gasteiger partial charge in [0.05, 0.1) is 17.3 Å². The highest BCUT2D eigenvalue weighted by atomic mass is 35.5. The van der Waals surface area contributed by atoms with Gasteiger partial charge in [0.25, 0.3) is 0 Å². The van der Waals surface area contributed by atoms with Crippen LogP contribution in [0.15, 0.2) is 12.1 Å². The van der Waals surface area contributed by atoms with Crippen LogP contribution in [0.25, 0.3) is 0 Å². The van der Waals surface area contributed by atoms with E-state index in [2.05, 4.69) is 17.2 Å². The Morgan fingerprint density at radius 3 is 3.00 bits per heavy atom. The first-order chi connectivity index (χ1) is 8.79. The highest BCUT2D eigenvalue weighted by Crippen LogP contribution is 2.32. The average molecular weight is 269 g/mol. The van der Waals surface area contributed by atoms with E-state index in [0.29, 0.717) is 17.4 Å². The Balaban J connectivity index is 1.83. The quantitative estimate of drug-likeness (QED) is 0.734. The molecule has 4 heteroatoms. The van der Waals surface area contributed by atoms with Crippen LogP contribution in [0.2, 0.25) is 5.02 Å². The fourth-order valence-corrected chi connectivity index (χ4v) is 1.96. The molecule has 1 aliphatic carbocycles. The Kier molecular flexibility index (Phi) is 5.26. The van der Waals surface area contributed by atoms with Gasteiger partial charge in [0.15, 0.2) is 0 Å². The summed E-state index contributed by atoms with van der Waals surface area (Å²) in [4.78, 5) is 4.44. The fourth-order valence-electron chi connectivity index (χ4n) is 1.79. The Morgan fingerprint density at radius 1 is 1.44 bits per heavy atom.